The van der Waals surface area contributed by atoms with E-state index in [1.54, 1.807) is 12.1 Å². The molecule has 23 heavy (non-hydrogen) atoms. The number of rotatable bonds is 7. The Kier molecular flexibility index (Phi) is 6.52. The molecule has 0 aromatic heterocycles. The van der Waals surface area contributed by atoms with Crippen molar-refractivity contribution in [3.05, 3.63) is 29.8 Å². The van der Waals surface area contributed by atoms with E-state index < -0.39 is 10.0 Å². The molecule has 1 aliphatic rings. The van der Waals surface area contributed by atoms with Crippen LogP contribution in [0.2, 0.25) is 0 Å². The van der Waals surface area contributed by atoms with E-state index in [1.165, 1.54) is 19.2 Å². The summed E-state index contributed by atoms with van der Waals surface area (Å²) < 4.78 is 31.6. The number of carbonyl (C=O) groups excluding carboxylic acids is 1. The molecule has 0 saturated carbocycles. The first-order valence-corrected chi connectivity index (χ1v) is 9.11. The highest BCUT2D eigenvalue weighted by molar-refractivity contribution is 7.89. The van der Waals surface area contributed by atoms with E-state index >= 15 is 0 Å². The van der Waals surface area contributed by atoms with Gasteiger partial charge in [0.25, 0.3) is 5.91 Å². The van der Waals surface area contributed by atoms with Gasteiger partial charge in [0.05, 0.1) is 11.5 Å². The van der Waals surface area contributed by atoms with Gasteiger partial charge in [0.2, 0.25) is 10.0 Å². The smallest absolute Gasteiger partial charge is 0.251 e. The van der Waals surface area contributed by atoms with Crippen molar-refractivity contribution in [1.82, 2.24) is 15.4 Å². The molecule has 0 aliphatic carbocycles. The van der Waals surface area contributed by atoms with Crippen molar-refractivity contribution in [2.24, 2.45) is 0 Å². The number of methoxy groups -OCH3 is 1. The van der Waals surface area contributed by atoms with E-state index in [0.717, 1.165) is 25.9 Å². The predicted octanol–water partition coefficient (Wildman–Crippen LogP) is 0.0931. The molecule has 1 unspecified atom stereocenters. The van der Waals surface area contributed by atoms with Gasteiger partial charge in [-0.05, 0) is 37.6 Å². The molecule has 1 atom stereocenters. The van der Waals surface area contributed by atoms with E-state index in [4.69, 9.17) is 4.74 Å². The van der Waals surface area contributed by atoms with Crippen LogP contribution in [-0.4, -0.2) is 53.7 Å². The maximum absolute atomic E-state index is 12.3. The van der Waals surface area contributed by atoms with Gasteiger partial charge in [-0.25, -0.2) is 13.1 Å². The fourth-order valence-electron chi connectivity index (χ4n) is 2.41. The van der Waals surface area contributed by atoms with Gasteiger partial charge in [0.15, 0.2) is 0 Å². The lowest BCUT2D eigenvalue weighted by molar-refractivity contribution is 0.0930. The Morgan fingerprint density at radius 1 is 1.43 bits per heavy atom. The molecule has 1 fully saturated rings. The number of piperidine rings is 1. The molecule has 128 valence electrons. The molecule has 1 heterocycles. The van der Waals surface area contributed by atoms with Gasteiger partial charge in [-0.3, -0.25) is 4.79 Å². The molecule has 1 aliphatic heterocycles. The predicted molar refractivity (Wildman–Crippen MR) is 86.9 cm³/mol. The van der Waals surface area contributed by atoms with E-state index in [1.807, 2.05) is 0 Å². The summed E-state index contributed by atoms with van der Waals surface area (Å²) in [6.45, 7) is 2.17. The highest BCUT2D eigenvalue weighted by Crippen LogP contribution is 2.12. The highest BCUT2D eigenvalue weighted by Gasteiger charge is 2.19. The van der Waals surface area contributed by atoms with E-state index in [9.17, 15) is 13.2 Å². The monoisotopic (exact) mass is 341 g/mol. The van der Waals surface area contributed by atoms with Gasteiger partial charge >= 0.3 is 0 Å². The van der Waals surface area contributed by atoms with Crippen molar-refractivity contribution in [1.29, 1.82) is 0 Å². The second-order valence-electron chi connectivity index (χ2n) is 5.44. The van der Waals surface area contributed by atoms with Crippen molar-refractivity contribution < 1.29 is 17.9 Å². The minimum absolute atomic E-state index is 0.0722. The van der Waals surface area contributed by atoms with Gasteiger partial charge < -0.3 is 15.4 Å². The Morgan fingerprint density at radius 2 is 2.26 bits per heavy atom. The van der Waals surface area contributed by atoms with Gasteiger partial charge in [0.1, 0.15) is 0 Å². The molecule has 1 aromatic rings. The lowest BCUT2D eigenvalue weighted by atomic mass is 10.1. The first-order valence-electron chi connectivity index (χ1n) is 7.63. The second-order valence-corrected chi connectivity index (χ2v) is 7.20. The molecule has 0 radical (unpaired) electrons. The van der Waals surface area contributed by atoms with Gasteiger partial charge in [-0.2, -0.15) is 0 Å². The van der Waals surface area contributed by atoms with Crippen molar-refractivity contribution in [2.75, 3.05) is 33.4 Å². The SMILES string of the molecule is COCCNS(=O)(=O)c1cccc(C(=O)NC2CCCNC2)c1. The maximum Gasteiger partial charge on any atom is 0.251 e. The Bertz CT molecular complexity index is 627. The first-order chi connectivity index (χ1) is 11.0. The molecular weight excluding hydrogens is 318 g/mol. The molecule has 0 bridgehead atoms. The normalized spacial score (nSPS) is 18.6. The summed E-state index contributed by atoms with van der Waals surface area (Å²) in [6.07, 6.45) is 1.94. The number of nitrogens with one attached hydrogen (secondary N) is 3. The number of carbonyl (C=O) groups is 1. The third-order valence-corrected chi connectivity index (χ3v) is 5.10. The fraction of sp³-hybridized carbons (Fsp3) is 0.533. The summed E-state index contributed by atoms with van der Waals surface area (Å²) in [4.78, 5) is 12.4. The minimum Gasteiger partial charge on any atom is -0.383 e. The number of ether oxygens (including phenoxy) is 1. The number of amides is 1. The largest absolute Gasteiger partial charge is 0.383 e. The van der Waals surface area contributed by atoms with Gasteiger partial charge in [-0.15, -0.1) is 0 Å². The Labute approximate surface area is 136 Å². The standard InChI is InChI=1S/C15H23N3O4S/c1-22-9-8-17-23(20,21)14-6-2-4-12(10-14)15(19)18-13-5-3-7-16-11-13/h2,4,6,10,13,16-17H,3,5,7-9,11H2,1H3,(H,18,19). The molecule has 1 amide bonds. The summed E-state index contributed by atoms with van der Waals surface area (Å²) in [5.74, 6) is -0.257. The third-order valence-electron chi connectivity index (χ3n) is 3.64. The summed E-state index contributed by atoms with van der Waals surface area (Å²) in [7, 11) is -2.14. The Balaban J connectivity index is 2.04. The van der Waals surface area contributed by atoms with Crippen molar-refractivity contribution in [2.45, 2.75) is 23.8 Å². The van der Waals surface area contributed by atoms with Gasteiger partial charge in [0, 0.05) is 31.8 Å². The molecule has 1 saturated heterocycles. The average Bonchev–Trinajstić information content (AvgIpc) is 2.56. The van der Waals surface area contributed by atoms with Crippen LogP contribution in [0.3, 0.4) is 0 Å². The number of hydrogen-bond acceptors (Lipinski definition) is 5. The zero-order valence-electron chi connectivity index (χ0n) is 13.2. The molecule has 7 nitrogen and oxygen atoms in total. The number of benzene rings is 1. The lowest BCUT2D eigenvalue weighted by Crippen LogP contribution is -2.45. The van der Waals surface area contributed by atoms with Crippen LogP contribution in [0.15, 0.2) is 29.2 Å². The van der Waals surface area contributed by atoms with E-state index in [0.29, 0.717) is 5.56 Å². The third kappa shape index (κ3) is 5.28. The Morgan fingerprint density at radius 3 is 2.96 bits per heavy atom. The van der Waals surface area contributed by atoms with Crippen LogP contribution in [0.25, 0.3) is 0 Å². The van der Waals surface area contributed by atoms with Crippen LogP contribution in [-0.2, 0) is 14.8 Å². The molecule has 1 aromatic carbocycles. The quantitative estimate of drug-likeness (QED) is 0.611. The zero-order chi connectivity index (χ0) is 16.7. The van der Waals surface area contributed by atoms with Crippen LogP contribution >= 0.6 is 0 Å². The highest BCUT2D eigenvalue weighted by atomic mass is 32.2. The van der Waals surface area contributed by atoms with E-state index in [-0.39, 0.29) is 30.0 Å². The van der Waals surface area contributed by atoms with Crippen LogP contribution in [0.5, 0.6) is 0 Å². The summed E-state index contributed by atoms with van der Waals surface area (Å²) in [5, 5.41) is 6.15. The Hall–Kier alpha value is -1.48. The van der Waals surface area contributed by atoms with Crippen LogP contribution in [0.4, 0.5) is 0 Å². The molecular formula is C15H23N3O4S. The second kappa shape index (κ2) is 8.39. The molecule has 3 N–H and O–H groups in total. The summed E-state index contributed by atoms with van der Waals surface area (Å²) in [5.41, 5.74) is 0.338. The molecule has 0 spiro atoms. The summed E-state index contributed by atoms with van der Waals surface area (Å²) >= 11 is 0. The first kappa shape index (κ1) is 17.9. The zero-order valence-corrected chi connectivity index (χ0v) is 14.0. The van der Waals surface area contributed by atoms with Crippen molar-refractivity contribution in [3.63, 3.8) is 0 Å². The van der Waals surface area contributed by atoms with Gasteiger partial charge in [-0.1, -0.05) is 6.07 Å². The molecule has 8 heteroatoms. The summed E-state index contributed by atoms with van der Waals surface area (Å²) in [6, 6.07) is 6.12. The fourth-order valence-corrected chi connectivity index (χ4v) is 3.47. The average molecular weight is 341 g/mol. The van der Waals surface area contributed by atoms with Crippen molar-refractivity contribution in [3.8, 4) is 0 Å². The van der Waals surface area contributed by atoms with E-state index in [2.05, 4.69) is 15.4 Å². The topological polar surface area (TPSA) is 96.5 Å². The number of hydrogen-bond donors (Lipinski definition) is 3. The number of sulfonamides is 1. The minimum atomic E-state index is -3.64. The van der Waals surface area contributed by atoms with Crippen LogP contribution < -0.4 is 15.4 Å². The maximum atomic E-state index is 12.3. The molecule has 2 rings (SSSR count). The van der Waals surface area contributed by atoms with Crippen LogP contribution in [0, 0.1) is 0 Å². The van der Waals surface area contributed by atoms with Crippen LogP contribution in [0.1, 0.15) is 23.2 Å². The van der Waals surface area contributed by atoms with Crippen molar-refractivity contribution >= 4 is 15.9 Å². The lowest BCUT2D eigenvalue weighted by Gasteiger charge is -2.23.